The van der Waals surface area contributed by atoms with Gasteiger partial charge in [-0.15, -0.1) is 12.4 Å². The molecule has 4 nitrogen and oxygen atoms in total. The molecule has 1 aliphatic rings. The van der Waals surface area contributed by atoms with Crippen LogP contribution in [0.2, 0.25) is 0 Å². The number of likely N-dealkylation sites (tertiary alicyclic amines) is 1. The zero-order valence-electron chi connectivity index (χ0n) is 10.8. The fraction of sp³-hybridized carbons (Fsp3) is 0.462. The zero-order chi connectivity index (χ0) is 13.1. The minimum atomic E-state index is -0.557. The van der Waals surface area contributed by atoms with Crippen LogP contribution >= 0.6 is 12.4 Å². The number of amides is 1. The lowest BCUT2D eigenvalue weighted by atomic mass is 10.0. The van der Waals surface area contributed by atoms with Crippen LogP contribution in [0, 0.1) is 5.82 Å². The predicted octanol–water partition coefficient (Wildman–Crippen LogP) is 1.82. The maximum absolute atomic E-state index is 13.8. The van der Waals surface area contributed by atoms with Crippen LogP contribution < -0.4 is 10.5 Å². The number of halogens is 2. The van der Waals surface area contributed by atoms with Gasteiger partial charge in [-0.25, -0.2) is 4.39 Å². The largest absolute Gasteiger partial charge is 0.496 e. The molecule has 1 atom stereocenters. The third-order valence-corrected chi connectivity index (χ3v) is 3.15. The van der Waals surface area contributed by atoms with Crippen LogP contribution in [-0.2, 0) is 0 Å². The number of ether oxygens (including phenoxy) is 1. The van der Waals surface area contributed by atoms with Gasteiger partial charge in [0.1, 0.15) is 17.1 Å². The first-order chi connectivity index (χ1) is 8.63. The van der Waals surface area contributed by atoms with Crippen LogP contribution in [0.25, 0.3) is 0 Å². The van der Waals surface area contributed by atoms with Crippen molar-refractivity contribution >= 4 is 18.3 Å². The van der Waals surface area contributed by atoms with Crippen LogP contribution in [0.3, 0.4) is 0 Å². The van der Waals surface area contributed by atoms with Crippen molar-refractivity contribution in [1.29, 1.82) is 0 Å². The molecule has 0 bridgehead atoms. The number of nitrogens with zero attached hydrogens (tertiary/aromatic N) is 1. The number of hydrogen-bond acceptors (Lipinski definition) is 3. The minimum Gasteiger partial charge on any atom is -0.496 e. The maximum atomic E-state index is 13.8. The normalized spacial score (nSPS) is 18.7. The van der Waals surface area contributed by atoms with Crippen molar-refractivity contribution < 1.29 is 13.9 Å². The number of carbonyl (C=O) groups excluding carboxylic acids is 1. The molecule has 2 rings (SSSR count). The van der Waals surface area contributed by atoms with Gasteiger partial charge in [-0.1, -0.05) is 6.07 Å². The lowest BCUT2D eigenvalue weighted by molar-refractivity contribution is 0.0700. The van der Waals surface area contributed by atoms with Crippen LogP contribution in [0.4, 0.5) is 4.39 Å². The molecule has 1 aliphatic heterocycles. The molecule has 106 valence electrons. The Balaban J connectivity index is 0.00000180. The van der Waals surface area contributed by atoms with E-state index in [4.69, 9.17) is 10.5 Å². The van der Waals surface area contributed by atoms with E-state index in [9.17, 15) is 9.18 Å². The third-order valence-electron chi connectivity index (χ3n) is 3.15. The van der Waals surface area contributed by atoms with Gasteiger partial charge in [0.15, 0.2) is 0 Å². The van der Waals surface area contributed by atoms with Gasteiger partial charge in [0.2, 0.25) is 0 Å². The van der Waals surface area contributed by atoms with Crippen LogP contribution in [0.1, 0.15) is 23.2 Å². The van der Waals surface area contributed by atoms with Crippen LogP contribution in [0.5, 0.6) is 5.75 Å². The summed E-state index contributed by atoms with van der Waals surface area (Å²) >= 11 is 0. The molecular weight excluding hydrogens is 271 g/mol. The van der Waals surface area contributed by atoms with Gasteiger partial charge in [-0.2, -0.15) is 0 Å². The highest BCUT2D eigenvalue weighted by Crippen LogP contribution is 2.24. The maximum Gasteiger partial charge on any atom is 0.260 e. The Morgan fingerprint density at radius 3 is 2.89 bits per heavy atom. The number of rotatable bonds is 2. The molecule has 0 saturated carbocycles. The number of carbonyl (C=O) groups is 1. The minimum absolute atomic E-state index is 0. The summed E-state index contributed by atoms with van der Waals surface area (Å²) in [7, 11) is 1.42. The zero-order valence-corrected chi connectivity index (χ0v) is 11.6. The van der Waals surface area contributed by atoms with Crippen LogP contribution in [0.15, 0.2) is 18.2 Å². The second-order valence-corrected chi connectivity index (χ2v) is 4.47. The highest BCUT2D eigenvalue weighted by Gasteiger charge is 2.26. The number of methoxy groups -OCH3 is 1. The fourth-order valence-electron chi connectivity index (χ4n) is 2.23. The van der Waals surface area contributed by atoms with Gasteiger partial charge in [-0.05, 0) is 25.0 Å². The van der Waals surface area contributed by atoms with Crippen molar-refractivity contribution in [2.45, 2.75) is 18.9 Å². The molecular formula is C13H18ClFN2O2. The Morgan fingerprint density at radius 2 is 2.26 bits per heavy atom. The number of hydrogen-bond donors (Lipinski definition) is 1. The van der Waals surface area contributed by atoms with Crippen molar-refractivity contribution in [3.05, 3.63) is 29.6 Å². The van der Waals surface area contributed by atoms with E-state index in [-0.39, 0.29) is 35.7 Å². The van der Waals surface area contributed by atoms with E-state index < -0.39 is 5.82 Å². The second-order valence-electron chi connectivity index (χ2n) is 4.47. The SMILES string of the molecule is COc1cccc(F)c1C(=O)N1CCC[C@@H](N)C1.Cl. The monoisotopic (exact) mass is 288 g/mol. The molecule has 1 amide bonds. The fourth-order valence-corrected chi connectivity index (χ4v) is 2.23. The molecule has 1 aromatic carbocycles. The van der Waals surface area contributed by atoms with Gasteiger partial charge >= 0.3 is 0 Å². The highest BCUT2D eigenvalue weighted by molar-refractivity contribution is 5.97. The molecule has 2 N–H and O–H groups in total. The summed E-state index contributed by atoms with van der Waals surface area (Å²) in [6.45, 7) is 1.08. The number of benzene rings is 1. The Kier molecular flexibility index (Phi) is 5.57. The molecule has 0 aromatic heterocycles. The van der Waals surface area contributed by atoms with E-state index in [1.54, 1.807) is 11.0 Å². The quantitative estimate of drug-likeness (QED) is 0.903. The van der Waals surface area contributed by atoms with E-state index in [0.717, 1.165) is 12.8 Å². The first-order valence-electron chi connectivity index (χ1n) is 6.01. The molecule has 1 heterocycles. The van der Waals surface area contributed by atoms with Crippen molar-refractivity contribution in [2.24, 2.45) is 5.73 Å². The third kappa shape index (κ3) is 3.36. The molecule has 0 unspecified atom stereocenters. The topological polar surface area (TPSA) is 55.6 Å². The molecule has 0 spiro atoms. The van der Waals surface area contributed by atoms with Crippen molar-refractivity contribution in [3.63, 3.8) is 0 Å². The Bertz CT molecular complexity index is 456. The summed E-state index contributed by atoms with van der Waals surface area (Å²) in [4.78, 5) is 13.9. The summed E-state index contributed by atoms with van der Waals surface area (Å²) in [5.41, 5.74) is 5.83. The standard InChI is InChI=1S/C13H17FN2O2.ClH/c1-18-11-6-2-5-10(14)12(11)13(17)16-7-3-4-9(15)8-16;/h2,5-6,9H,3-4,7-8,15H2,1H3;1H/t9-;/m1./s1. The number of nitrogens with two attached hydrogens (primary N) is 1. The Morgan fingerprint density at radius 1 is 1.53 bits per heavy atom. The lowest BCUT2D eigenvalue weighted by Crippen LogP contribution is -2.46. The summed E-state index contributed by atoms with van der Waals surface area (Å²) in [5.74, 6) is -0.641. The van der Waals surface area contributed by atoms with E-state index in [2.05, 4.69) is 0 Å². The van der Waals surface area contributed by atoms with Crippen molar-refractivity contribution in [1.82, 2.24) is 4.90 Å². The molecule has 6 heteroatoms. The number of piperidine rings is 1. The van der Waals surface area contributed by atoms with Crippen LogP contribution in [-0.4, -0.2) is 37.0 Å². The van der Waals surface area contributed by atoms with Gasteiger partial charge in [0.25, 0.3) is 5.91 Å². The molecule has 0 radical (unpaired) electrons. The summed E-state index contributed by atoms with van der Waals surface area (Å²) in [5, 5.41) is 0. The molecule has 0 aliphatic carbocycles. The first kappa shape index (κ1) is 15.7. The smallest absolute Gasteiger partial charge is 0.260 e. The van der Waals surface area contributed by atoms with Gasteiger partial charge < -0.3 is 15.4 Å². The van der Waals surface area contributed by atoms with E-state index in [1.807, 2.05) is 0 Å². The first-order valence-corrected chi connectivity index (χ1v) is 6.01. The molecule has 1 aromatic rings. The average Bonchev–Trinajstić information content (AvgIpc) is 2.37. The summed E-state index contributed by atoms with van der Waals surface area (Å²) < 4.78 is 18.8. The summed E-state index contributed by atoms with van der Waals surface area (Å²) in [6.07, 6.45) is 1.75. The van der Waals surface area contributed by atoms with Gasteiger partial charge in [0, 0.05) is 19.1 Å². The molecule has 1 saturated heterocycles. The second kappa shape index (κ2) is 6.73. The predicted molar refractivity (Wildman–Crippen MR) is 73.3 cm³/mol. The Labute approximate surface area is 118 Å². The van der Waals surface area contributed by atoms with Crippen molar-refractivity contribution in [2.75, 3.05) is 20.2 Å². The molecule has 1 fully saturated rings. The highest BCUT2D eigenvalue weighted by atomic mass is 35.5. The summed E-state index contributed by atoms with van der Waals surface area (Å²) in [6, 6.07) is 4.34. The average molecular weight is 289 g/mol. The van der Waals surface area contributed by atoms with E-state index in [0.29, 0.717) is 13.1 Å². The van der Waals surface area contributed by atoms with Crippen molar-refractivity contribution in [3.8, 4) is 5.75 Å². The lowest BCUT2D eigenvalue weighted by Gasteiger charge is -2.31. The van der Waals surface area contributed by atoms with E-state index >= 15 is 0 Å². The molecule has 19 heavy (non-hydrogen) atoms. The van der Waals surface area contributed by atoms with Gasteiger partial charge in [0.05, 0.1) is 7.11 Å². The van der Waals surface area contributed by atoms with E-state index in [1.165, 1.54) is 19.2 Å². The van der Waals surface area contributed by atoms with Gasteiger partial charge in [-0.3, -0.25) is 4.79 Å². The Hall–Kier alpha value is -1.33.